The molecular formula is C18H12BrClN2O4. The van der Waals surface area contributed by atoms with Gasteiger partial charge in [-0.3, -0.25) is 14.9 Å². The molecule has 2 aromatic rings. The number of phenols is 1. The molecule has 0 aromatic heterocycles. The smallest absolute Gasteiger partial charge is 0.335 e. The first kappa shape index (κ1) is 18.2. The Balaban J connectivity index is 2.07. The Morgan fingerprint density at radius 2 is 1.88 bits per heavy atom. The van der Waals surface area contributed by atoms with E-state index in [2.05, 4.69) is 21.2 Å². The Kier molecular flexibility index (Phi) is 4.84. The highest BCUT2D eigenvalue weighted by atomic mass is 79.9. The summed E-state index contributed by atoms with van der Waals surface area (Å²) in [6, 6.07) is 8.32. The summed E-state index contributed by atoms with van der Waals surface area (Å²) >= 11 is 9.25. The number of nitrogens with zero attached hydrogens (tertiary/aromatic N) is 1. The van der Waals surface area contributed by atoms with E-state index < -0.39 is 17.8 Å². The van der Waals surface area contributed by atoms with Crippen molar-refractivity contribution in [2.24, 2.45) is 0 Å². The molecule has 0 radical (unpaired) electrons. The summed E-state index contributed by atoms with van der Waals surface area (Å²) in [5.74, 6) is -1.78. The molecule has 3 rings (SSSR count). The number of halogens is 2. The maximum absolute atomic E-state index is 12.8. The molecule has 1 aliphatic heterocycles. The summed E-state index contributed by atoms with van der Waals surface area (Å²) in [5.41, 5.74) is 1.04. The predicted octanol–water partition coefficient (Wildman–Crippen LogP) is 3.78. The number of aryl methyl sites for hydroxylation is 1. The third kappa shape index (κ3) is 3.36. The van der Waals surface area contributed by atoms with Gasteiger partial charge in [-0.15, -0.1) is 0 Å². The fourth-order valence-corrected chi connectivity index (χ4v) is 2.88. The predicted molar refractivity (Wildman–Crippen MR) is 101 cm³/mol. The van der Waals surface area contributed by atoms with Crippen molar-refractivity contribution in [2.45, 2.75) is 6.92 Å². The van der Waals surface area contributed by atoms with E-state index >= 15 is 0 Å². The molecule has 0 unspecified atom stereocenters. The van der Waals surface area contributed by atoms with Gasteiger partial charge in [0.25, 0.3) is 11.8 Å². The summed E-state index contributed by atoms with van der Waals surface area (Å²) in [6.07, 6.45) is 1.20. The maximum atomic E-state index is 12.8. The number of nitrogens with one attached hydrogen (secondary N) is 1. The van der Waals surface area contributed by atoms with E-state index in [1.54, 1.807) is 18.2 Å². The number of carbonyl (C=O) groups excluding carboxylic acids is 3. The van der Waals surface area contributed by atoms with E-state index in [0.717, 1.165) is 14.9 Å². The van der Waals surface area contributed by atoms with E-state index in [9.17, 15) is 19.5 Å². The van der Waals surface area contributed by atoms with Crippen LogP contribution >= 0.6 is 27.5 Å². The number of amides is 4. The molecule has 26 heavy (non-hydrogen) atoms. The molecule has 8 heteroatoms. The second-order valence-corrected chi connectivity index (χ2v) is 6.89. The minimum absolute atomic E-state index is 0.148. The normalized spacial score (nSPS) is 16.2. The molecule has 2 N–H and O–H groups in total. The minimum Gasteiger partial charge on any atom is -0.507 e. The third-order valence-electron chi connectivity index (χ3n) is 3.79. The van der Waals surface area contributed by atoms with Crippen molar-refractivity contribution in [2.75, 3.05) is 4.90 Å². The summed E-state index contributed by atoms with van der Waals surface area (Å²) in [5, 5.41) is 12.4. The zero-order valence-corrected chi connectivity index (χ0v) is 15.8. The van der Waals surface area contributed by atoms with Gasteiger partial charge >= 0.3 is 6.03 Å². The van der Waals surface area contributed by atoms with Crippen LogP contribution in [-0.4, -0.2) is 23.0 Å². The Morgan fingerprint density at radius 1 is 1.15 bits per heavy atom. The monoisotopic (exact) mass is 434 g/mol. The first-order chi connectivity index (χ1) is 12.3. The average molecular weight is 436 g/mol. The van der Waals surface area contributed by atoms with Gasteiger partial charge < -0.3 is 5.11 Å². The molecule has 132 valence electrons. The quantitative estimate of drug-likeness (QED) is 0.555. The highest BCUT2D eigenvalue weighted by Gasteiger charge is 2.37. The van der Waals surface area contributed by atoms with Crippen LogP contribution in [0.15, 0.2) is 46.4 Å². The Hall–Kier alpha value is -2.64. The molecule has 1 fully saturated rings. The standard InChI is InChI=1S/C18H12BrClN2O4/c1-9-6-12(3-4-14(9)19)22-17(25)13(16(24)21-18(22)26)8-10-7-11(20)2-5-15(10)23/h2-8,23H,1H3,(H,21,24,26). The van der Waals surface area contributed by atoms with Crippen molar-refractivity contribution in [3.8, 4) is 5.75 Å². The number of urea groups is 1. The van der Waals surface area contributed by atoms with Gasteiger partial charge in [0.1, 0.15) is 11.3 Å². The molecule has 0 aliphatic carbocycles. The summed E-state index contributed by atoms with van der Waals surface area (Å²) in [4.78, 5) is 38.0. The molecule has 2 aromatic carbocycles. The lowest BCUT2D eigenvalue weighted by molar-refractivity contribution is -0.122. The van der Waals surface area contributed by atoms with Crippen LogP contribution in [0.25, 0.3) is 6.08 Å². The van der Waals surface area contributed by atoms with E-state index in [4.69, 9.17) is 11.6 Å². The highest BCUT2D eigenvalue weighted by Crippen LogP contribution is 2.28. The van der Waals surface area contributed by atoms with Crippen molar-refractivity contribution in [1.82, 2.24) is 5.32 Å². The van der Waals surface area contributed by atoms with Crippen molar-refractivity contribution in [1.29, 1.82) is 0 Å². The van der Waals surface area contributed by atoms with Gasteiger partial charge in [0.15, 0.2) is 0 Å². The molecule has 0 spiro atoms. The van der Waals surface area contributed by atoms with Gasteiger partial charge in [0, 0.05) is 15.1 Å². The molecule has 1 aliphatic rings. The third-order valence-corrected chi connectivity index (χ3v) is 4.92. The van der Waals surface area contributed by atoms with E-state index in [1.165, 1.54) is 24.3 Å². The zero-order chi connectivity index (χ0) is 19.0. The first-order valence-electron chi connectivity index (χ1n) is 7.44. The van der Waals surface area contributed by atoms with Crippen LogP contribution < -0.4 is 10.2 Å². The SMILES string of the molecule is Cc1cc(N2C(=O)NC(=O)C(=Cc3cc(Cl)ccc3O)C2=O)ccc1Br. The van der Waals surface area contributed by atoms with Crippen molar-refractivity contribution in [3.05, 3.63) is 62.6 Å². The number of barbiturate groups is 1. The number of imide groups is 2. The van der Waals surface area contributed by atoms with Crippen molar-refractivity contribution < 1.29 is 19.5 Å². The number of benzene rings is 2. The van der Waals surface area contributed by atoms with Crippen LogP contribution in [0, 0.1) is 6.92 Å². The summed E-state index contributed by atoms with van der Waals surface area (Å²) in [7, 11) is 0. The number of phenolic OH excluding ortho intramolecular Hbond substituents is 1. The van der Waals surface area contributed by atoms with Crippen LogP contribution in [0.5, 0.6) is 5.75 Å². The Morgan fingerprint density at radius 3 is 2.58 bits per heavy atom. The number of hydrogen-bond acceptors (Lipinski definition) is 4. The molecule has 0 saturated carbocycles. The minimum atomic E-state index is -0.843. The number of anilines is 1. The molecule has 4 amide bonds. The highest BCUT2D eigenvalue weighted by molar-refractivity contribution is 9.10. The van der Waals surface area contributed by atoms with Crippen LogP contribution in [0.3, 0.4) is 0 Å². The number of rotatable bonds is 2. The molecule has 1 heterocycles. The van der Waals surface area contributed by atoms with Crippen LogP contribution in [0.1, 0.15) is 11.1 Å². The van der Waals surface area contributed by atoms with Gasteiger partial charge in [-0.05, 0) is 55.0 Å². The lowest BCUT2D eigenvalue weighted by Gasteiger charge is -2.26. The van der Waals surface area contributed by atoms with Crippen LogP contribution in [0.2, 0.25) is 5.02 Å². The Labute approximate surface area is 162 Å². The topological polar surface area (TPSA) is 86.7 Å². The fraction of sp³-hybridized carbons (Fsp3) is 0.0556. The lowest BCUT2D eigenvalue weighted by Crippen LogP contribution is -2.54. The second-order valence-electron chi connectivity index (χ2n) is 5.59. The van der Waals surface area contributed by atoms with E-state index in [-0.39, 0.29) is 16.9 Å². The van der Waals surface area contributed by atoms with Crippen molar-refractivity contribution in [3.63, 3.8) is 0 Å². The van der Waals surface area contributed by atoms with Gasteiger partial charge in [0.2, 0.25) is 0 Å². The van der Waals surface area contributed by atoms with Gasteiger partial charge in [-0.1, -0.05) is 27.5 Å². The molecule has 0 bridgehead atoms. The maximum Gasteiger partial charge on any atom is 0.335 e. The first-order valence-corrected chi connectivity index (χ1v) is 8.61. The van der Waals surface area contributed by atoms with E-state index in [0.29, 0.717) is 10.7 Å². The average Bonchev–Trinajstić information content (AvgIpc) is 2.57. The molecule has 0 atom stereocenters. The summed E-state index contributed by atoms with van der Waals surface area (Å²) < 4.78 is 0.821. The molecule has 6 nitrogen and oxygen atoms in total. The van der Waals surface area contributed by atoms with Gasteiger partial charge in [0.05, 0.1) is 5.69 Å². The van der Waals surface area contributed by atoms with Gasteiger partial charge in [-0.25, -0.2) is 9.69 Å². The fourth-order valence-electron chi connectivity index (χ4n) is 2.46. The zero-order valence-electron chi connectivity index (χ0n) is 13.4. The second kappa shape index (κ2) is 6.93. The number of aromatic hydroxyl groups is 1. The van der Waals surface area contributed by atoms with Crippen LogP contribution in [-0.2, 0) is 9.59 Å². The van der Waals surface area contributed by atoms with Gasteiger partial charge in [-0.2, -0.15) is 0 Å². The lowest BCUT2D eigenvalue weighted by atomic mass is 10.1. The largest absolute Gasteiger partial charge is 0.507 e. The number of hydrogen-bond donors (Lipinski definition) is 2. The molecular weight excluding hydrogens is 424 g/mol. The van der Waals surface area contributed by atoms with E-state index in [1.807, 2.05) is 6.92 Å². The number of carbonyl (C=O) groups is 3. The Bertz CT molecular complexity index is 987. The van der Waals surface area contributed by atoms with Crippen LogP contribution in [0.4, 0.5) is 10.5 Å². The summed E-state index contributed by atoms with van der Waals surface area (Å²) in [6.45, 7) is 1.81. The molecule has 1 saturated heterocycles. The van der Waals surface area contributed by atoms with Crippen molar-refractivity contribution >= 4 is 57.1 Å².